The molecule has 3 heterocycles. The first-order chi connectivity index (χ1) is 11.2. The zero-order valence-electron chi connectivity index (χ0n) is 12.5. The van der Waals surface area contributed by atoms with E-state index in [4.69, 9.17) is 0 Å². The standard InChI is InChI=1S/C16H17N5O2/c22-9-12-7-11-3-1-2-4-13(11)18-15(12)21-6-5-16(23,10-21)14-8-17-20-19-14/h1-4,7-8,22-23H,5-6,9-10H2,(H,17,19,20)/t16-/m0/s1. The van der Waals surface area contributed by atoms with E-state index in [1.54, 1.807) is 6.20 Å². The Labute approximate surface area is 132 Å². The predicted octanol–water partition coefficient (Wildman–Crippen LogP) is 0.943. The number of H-pyrrole nitrogens is 1. The molecule has 1 fully saturated rings. The fourth-order valence-electron chi connectivity index (χ4n) is 3.15. The number of para-hydroxylation sites is 1. The van der Waals surface area contributed by atoms with Gasteiger partial charge in [0.15, 0.2) is 0 Å². The van der Waals surface area contributed by atoms with E-state index in [0.717, 1.165) is 16.5 Å². The second-order valence-electron chi connectivity index (χ2n) is 5.88. The van der Waals surface area contributed by atoms with Gasteiger partial charge in [-0.1, -0.05) is 18.2 Å². The van der Waals surface area contributed by atoms with Crippen LogP contribution < -0.4 is 4.90 Å². The average Bonchev–Trinajstić information content (AvgIpc) is 3.24. The van der Waals surface area contributed by atoms with E-state index < -0.39 is 5.60 Å². The molecule has 7 nitrogen and oxygen atoms in total. The molecule has 3 aromatic rings. The number of aromatic nitrogens is 4. The van der Waals surface area contributed by atoms with Gasteiger partial charge in [0.1, 0.15) is 17.1 Å². The van der Waals surface area contributed by atoms with Crippen LogP contribution in [-0.4, -0.2) is 43.7 Å². The highest BCUT2D eigenvalue weighted by atomic mass is 16.3. The van der Waals surface area contributed by atoms with Crippen LogP contribution in [0.4, 0.5) is 5.82 Å². The molecule has 1 atom stereocenters. The number of anilines is 1. The van der Waals surface area contributed by atoms with E-state index in [1.807, 2.05) is 35.2 Å². The Kier molecular flexibility index (Phi) is 3.24. The fourth-order valence-corrected chi connectivity index (χ4v) is 3.15. The van der Waals surface area contributed by atoms with Gasteiger partial charge in [-0.15, -0.1) is 0 Å². The number of aromatic amines is 1. The monoisotopic (exact) mass is 311 g/mol. The molecule has 23 heavy (non-hydrogen) atoms. The van der Waals surface area contributed by atoms with Crippen molar-refractivity contribution < 1.29 is 10.2 Å². The summed E-state index contributed by atoms with van der Waals surface area (Å²) in [6.07, 6.45) is 2.09. The van der Waals surface area contributed by atoms with Gasteiger partial charge >= 0.3 is 0 Å². The van der Waals surface area contributed by atoms with Crippen LogP contribution in [0.15, 0.2) is 36.5 Å². The van der Waals surface area contributed by atoms with E-state index in [1.165, 1.54) is 0 Å². The number of nitrogens with one attached hydrogen (secondary N) is 1. The van der Waals surface area contributed by atoms with E-state index in [-0.39, 0.29) is 6.61 Å². The maximum atomic E-state index is 10.8. The molecule has 118 valence electrons. The summed E-state index contributed by atoms with van der Waals surface area (Å²) in [5, 5.41) is 31.8. The van der Waals surface area contributed by atoms with Gasteiger partial charge in [0, 0.05) is 23.9 Å². The summed E-state index contributed by atoms with van der Waals surface area (Å²) in [5.41, 5.74) is 1.11. The van der Waals surface area contributed by atoms with Crippen LogP contribution >= 0.6 is 0 Å². The molecular formula is C16H17N5O2. The largest absolute Gasteiger partial charge is 0.392 e. The lowest BCUT2D eigenvalue weighted by molar-refractivity contribution is 0.0559. The first-order valence-corrected chi connectivity index (χ1v) is 7.53. The zero-order chi connectivity index (χ0) is 15.9. The Hall–Kier alpha value is -2.51. The first-order valence-electron chi connectivity index (χ1n) is 7.53. The molecule has 3 N–H and O–H groups in total. The predicted molar refractivity (Wildman–Crippen MR) is 84.8 cm³/mol. The lowest BCUT2D eigenvalue weighted by atomic mass is 10.00. The second kappa shape index (κ2) is 5.29. The van der Waals surface area contributed by atoms with Crippen LogP contribution in [0, 0.1) is 0 Å². The number of fused-ring (bicyclic) bond motifs is 1. The summed E-state index contributed by atoms with van der Waals surface area (Å²) in [4.78, 5) is 6.68. The van der Waals surface area contributed by atoms with Crippen LogP contribution in [0.25, 0.3) is 10.9 Å². The molecule has 0 radical (unpaired) electrons. The lowest BCUT2D eigenvalue weighted by Crippen LogP contribution is -2.32. The Morgan fingerprint density at radius 3 is 2.96 bits per heavy atom. The Morgan fingerprint density at radius 2 is 2.17 bits per heavy atom. The molecule has 0 bridgehead atoms. The second-order valence-corrected chi connectivity index (χ2v) is 5.88. The molecule has 1 aromatic carbocycles. The zero-order valence-corrected chi connectivity index (χ0v) is 12.5. The highest BCUT2D eigenvalue weighted by Gasteiger charge is 2.40. The van der Waals surface area contributed by atoms with Gasteiger partial charge in [-0.25, -0.2) is 4.98 Å². The third kappa shape index (κ3) is 2.34. The van der Waals surface area contributed by atoms with Gasteiger partial charge in [-0.3, -0.25) is 0 Å². The van der Waals surface area contributed by atoms with E-state index in [0.29, 0.717) is 31.0 Å². The van der Waals surface area contributed by atoms with Crippen molar-refractivity contribution in [3.8, 4) is 0 Å². The van der Waals surface area contributed by atoms with Gasteiger partial charge in [-0.2, -0.15) is 15.4 Å². The van der Waals surface area contributed by atoms with Crippen molar-refractivity contribution in [2.75, 3.05) is 18.0 Å². The molecule has 0 aliphatic carbocycles. The van der Waals surface area contributed by atoms with E-state index >= 15 is 0 Å². The highest BCUT2D eigenvalue weighted by molar-refractivity contribution is 5.81. The minimum atomic E-state index is -1.05. The topological polar surface area (TPSA) is 98.2 Å². The number of benzene rings is 1. The molecule has 1 aliphatic heterocycles. The van der Waals surface area contributed by atoms with Crippen LogP contribution in [0.1, 0.15) is 17.7 Å². The number of aliphatic hydroxyl groups is 2. The summed E-state index contributed by atoms with van der Waals surface area (Å²) in [7, 11) is 0. The smallest absolute Gasteiger partial charge is 0.134 e. The maximum absolute atomic E-state index is 10.8. The Bertz CT molecular complexity index is 836. The third-order valence-electron chi connectivity index (χ3n) is 4.39. The van der Waals surface area contributed by atoms with Crippen molar-refractivity contribution in [1.82, 2.24) is 20.4 Å². The van der Waals surface area contributed by atoms with Crippen molar-refractivity contribution in [3.63, 3.8) is 0 Å². The molecule has 0 amide bonds. The number of nitrogens with zero attached hydrogens (tertiary/aromatic N) is 4. The molecule has 0 saturated carbocycles. The van der Waals surface area contributed by atoms with Gasteiger partial charge in [0.25, 0.3) is 0 Å². The number of hydrogen-bond acceptors (Lipinski definition) is 6. The summed E-state index contributed by atoms with van der Waals surface area (Å²) in [6.45, 7) is 0.922. The van der Waals surface area contributed by atoms with Gasteiger partial charge in [0.05, 0.1) is 24.9 Å². The van der Waals surface area contributed by atoms with Crippen molar-refractivity contribution in [1.29, 1.82) is 0 Å². The molecule has 0 spiro atoms. The molecule has 1 saturated heterocycles. The SMILES string of the molecule is OCc1cc2ccccc2nc1N1CC[C@@](O)(c2cn[nH]n2)C1. The normalized spacial score (nSPS) is 21.2. The maximum Gasteiger partial charge on any atom is 0.134 e. The number of rotatable bonds is 3. The summed E-state index contributed by atoms with van der Waals surface area (Å²) < 4.78 is 0. The number of β-amino-alcohol motifs (C(OH)–C–C–N with tert-alkyl or cyclic N) is 1. The fraction of sp³-hybridized carbons (Fsp3) is 0.312. The van der Waals surface area contributed by atoms with Crippen LogP contribution in [0.3, 0.4) is 0 Å². The molecule has 0 unspecified atom stereocenters. The number of pyridine rings is 1. The Balaban J connectivity index is 1.72. The number of aliphatic hydroxyl groups excluding tert-OH is 1. The lowest BCUT2D eigenvalue weighted by Gasteiger charge is -2.23. The van der Waals surface area contributed by atoms with Crippen molar-refractivity contribution in [3.05, 3.63) is 47.8 Å². The molecule has 7 heteroatoms. The number of hydrogen-bond donors (Lipinski definition) is 3. The summed E-state index contributed by atoms with van der Waals surface area (Å²) in [6, 6.07) is 9.75. The first kappa shape index (κ1) is 14.1. The third-order valence-corrected chi connectivity index (χ3v) is 4.39. The van der Waals surface area contributed by atoms with E-state index in [2.05, 4.69) is 20.4 Å². The van der Waals surface area contributed by atoms with Crippen LogP contribution in [-0.2, 0) is 12.2 Å². The van der Waals surface area contributed by atoms with Crippen LogP contribution in [0.2, 0.25) is 0 Å². The minimum absolute atomic E-state index is 0.0912. The van der Waals surface area contributed by atoms with Gasteiger partial charge < -0.3 is 15.1 Å². The Morgan fingerprint density at radius 1 is 1.30 bits per heavy atom. The summed E-state index contributed by atoms with van der Waals surface area (Å²) >= 11 is 0. The molecule has 1 aliphatic rings. The highest BCUT2D eigenvalue weighted by Crippen LogP contribution is 2.34. The average molecular weight is 311 g/mol. The van der Waals surface area contributed by atoms with Crippen LogP contribution in [0.5, 0.6) is 0 Å². The summed E-state index contributed by atoms with van der Waals surface area (Å²) in [5.74, 6) is 0.714. The van der Waals surface area contributed by atoms with Gasteiger partial charge in [-0.05, 0) is 12.1 Å². The van der Waals surface area contributed by atoms with Crippen molar-refractivity contribution >= 4 is 16.7 Å². The molecular weight excluding hydrogens is 294 g/mol. The van der Waals surface area contributed by atoms with Crippen molar-refractivity contribution in [2.24, 2.45) is 0 Å². The van der Waals surface area contributed by atoms with Crippen molar-refractivity contribution in [2.45, 2.75) is 18.6 Å². The van der Waals surface area contributed by atoms with Gasteiger partial charge in [0.2, 0.25) is 0 Å². The van der Waals surface area contributed by atoms with E-state index in [9.17, 15) is 10.2 Å². The quantitative estimate of drug-likeness (QED) is 0.666. The molecule has 2 aromatic heterocycles. The minimum Gasteiger partial charge on any atom is -0.392 e. The molecule has 4 rings (SSSR count).